The van der Waals surface area contributed by atoms with E-state index < -0.39 is 5.97 Å². The second-order valence-corrected chi connectivity index (χ2v) is 6.24. The van der Waals surface area contributed by atoms with E-state index in [1.807, 2.05) is 29.2 Å². The van der Waals surface area contributed by atoms with E-state index >= 15 is 0 Å². The first-order valence-electron chi connectivity index (χ1n) is 8.75. The Kier molecular flexibility index (Phi) is 4.69. The molecule has 3 aromatic rings. The number of nitrogens with one attached hydrogen (secondary N) is 1. The molecule has 1 aliphatic heterocycles. The Morgan fingerprint density at radius 1 is 1.04 bits per heavy atom. The first kappa shape index (κ1) is 17.0. The SMILES string of the molecule is O=C(OCC(=O)N1CCN(c2ncccn2)CC1)c1c[nH]c2ccccc12. The molecule has 0 bridgehead atoms. The maximum absolute atomic E-state index is 12.4. The van der Waals surface area contributed by atoms with Crippen LogP contribution in [0.4, 0.5) is 5.95 Å². The zero-order chi connectivity index (χ0) is 18.6. The summed E-state index contributed by atoms with van der Waals surface area (Å²) in [6, 6.07) is 9.24. The van der Waals surface area contributed by atoms with E-state index in [2.05, 4.69) is 15.0 Å². The molecule has 1 N–H and O–H groups in total. The van der Waals surface area contributed by atoms with Crippen molar-refractivity contribution in [2.75, 3.05) is 37.7 Å². The smallest absolute Gasteiger partial charge is 0.340 e. The van der Waals surface area contributed by atoms with Gasteiger partial charge >= 0.3 is 5.97 Å². The normalized spacial score (nSPS) is 14.4. The molecule has 8 nitrogen and oxygen atoms in total. The van der Waals surface area contributed by atoms with Crippen LogP contribution < -0.4 is 4.90 Å². The van der Waals surface area contributed by atoms with Crippen molar-refractivity contribution < 1.29 is 14.3 Å². The zero-order valence-corrected chi connectivity index (χ0v) is 14.7. The highest BCUT2D eigenvalue weighted by atomic mass is 16.5. The number of nitrogens with zero attached hydrogens (tertiary/aromatic N) is 4. The summed E-state index contributed by atoms with van der Waals surface area (Å²) in [7, 11) is 0. The van der Waals surface area contributed by atoms with E-state index in [0.29, 0.717) is 37.7 Å². The van der Waals surface area contributed by atoms with Gasteiger partial charge in [-0.1, -0.05) is 18.2 Å². The van der Waals surface area contributed by atoms with Crippen molar-refractivity contribution in [3.05, 3.63) is 54.5 Å². The third kappa shape index (κ3) is 3.59. The molecule has 0 radical (unpaired) electrons. The van der Waals surface area contributed by atoms with Gasteiger partial charge in [0.1, 0.15) is 0 Å². The Bertz CT molecular complexity index is 948. The zero-order valence-electron chi connectivity index (χ0n) is 14.7. The van der Waals surface area contributed by atoms with Crippen molar-refractivity contribution in [1.29, 1.82) is 0 Å². The second kappa shape index (κ2) is 7.45. The largest absolute Gasteiger partial charge is 0.452 e. The van der Waals surface area contributed by atoms with Gasteiger partial charge in [0.05, 0.1) is 5.56 Å². The molecule has 3 heterocycles. The van der Waals surface area contributed by atoms with Crippen molar-refractivity contribution in [1.82, 2.24) is 19.9 Å². The molecular formula is C19H19N5O3. The molecule has 0 unspecified atom stereocenters. The molecule has 1 saturated heterocycles. The molecule has 2 aromatic heterocycles. The number of ether oxygens (including phenoxy) is 1. The topological polar surface area (TPSA) is 91.4 Å². The Hall–Kier alpha value is -3.42. The number of fused-ring (bicyclic) bond motifs is 1. The van der Waals surface area contributed by atoms with Crippen molar-refractivity contribution >= 4 is 28.7 Å². The van der Waals surface area contributed by atoms with Crippen molar-refractivity contribution in [3.63, 3.8) is 0 Å². The monoisotopic (exact) mass is 365 g/mol. The van der Waals surface area contributed by atoms with Gasteiger partial charge in [0.2, 0.25) is 5.95 Å². The highest BCUT2D eigenvalue weighted by molar-refractivity contribution is 6.04. The summed E-state index contributed by atoms with van der Waals surface area (Å²) in [5.74, 6) is -0.0377. The highest BCUT2D eigenvalue weighted by Crippen LogP contribution is 2.18. The van der Waals surface area contributed by atoms with Gasteiger partial charge in [-0.05, 0) is 12.1 Å². The number of amides is 1. The number of rotatable bonds is 4. The lowest BCUT2D eigenvalue weighted by Gasteiger charge is -2.34. The predicted molar refractivity (Wildman–Crippen MR) is 99.4 cm³/mol. The lowest BCUT2D eigenvalue weighted by molar-refractivity contribution is -0.134. The number of carbonyl (C=O) groups is 2. The molecule has 138 valence electrons. The van der Waals surface area contributed by atoms with Crippen LogP contribution in [0.2, 0.25) is 0 Å². The van der Waals surface area contributed by atoms with E-state index in [1.54, 1.807) is 29.6 Å². The molecule has 8 heteroatoms. The summed E-state index contributed by atoms with van der Waals surface area (Å²) in [4.78, 5) is 39.9. The lowest BCUT2D eigenvalue weighted by Crippen LogP contribution is -2.50. The highest BCUT2D eigenvalue weighted by Gasteiger charge is 2.23. The molecule has 1 aromatic carbocycles. The molecule has 1 aliphatic rings. The number of para-hydroxylation sites is 1. The number of hydrogen-bond donors (Lipinski definition) is 1. The number of esters is 1. The van der Waals surface area contributed by atoms with Gasteiger partial charge in [-0.15, -0.1) is 0 Å². The van der Waals surface area contributed by atoms with E-state index in [0.717, 1.165) is 10.9 Å². The summed E-state index contributed by atoms with van der Waals surface area (Å²) in [6.07, 6.45) is 5.00. The van der Waals surface area contributed by atoms with E-state index in [-0.39, 0.29) is 12.5 Å². The number of benzene rings is 1. The predicted octanol–water partition coefficient (Wildman–Crippen LogP) is 1.46. The van der Waals surface area contributed by atoms with Crippen molar-refractivity contribution in [2.45, 2.75) is 0 Å². The average Bonchev–Trinajstić information content (AvgIpc) is 3.17. The van der Waals surface area contributed by atoms with Crippen LogP contribution in [-0.4, -0.2) is 64.5 Å². The Labute approximate surface area is 155 Å². The van der Waals surface area contributed by atoms with Crippen LogP contribution in [0.25, 0.3) is 10.9 Å². The van der Waals surface area contributed by atoms with Crippen LogP contribution in [-0.2, 0) is 9.53 Å². The minimum Gasteiger partial charge on any atom is -0.452 e. The minimum atomic E-state index is -0.503. The maximum atomic E-state index is 12.4. The summed E-state index contributed by atoms with van der Waals surface area (Å²) < 4.78 is 5.23. The number of aromatic amines is 1. The van der Waals surface area contributed by atoms with Gasteiger partial charge in [0.15, 0.2) is 6.61 Å². The standard InChI is InChI=1S/C19H19N5O3/c25-17(23-8-10-24(11-9-23)19-20-6-3-7-21-19)13-27-18(26)15-12-22-16-5-2-1-4-14(15)16/h1-7,12,22H,8-11,13H2. The van der Waals surface area contributed by atoms with Gasteiger partial charge in [-0.3, -0.25) is 4.79 Å². The van der Waals surface area contributed by atoms with Gasteiger partial charge in [-0.2, -0.15) is 0 Å². The van der Waals surface area contributed by atoms with Crippen LogP contribution >= 0.6 is 0 Å². The molecule has 1 fully saturated rings. The molecule has 0 atom stereocenters. The van der Waals surface area contributed by atoms with Crippen LogP contribution in [0.5, 0.6) is 0 Å². The van der Waals surface area contributed by atoms with Crippen LogP contribution in [0.3, 0.4) is 0 Å². The third-order valence-electron chi connectivity index (χ3n) is 4.60. The molecule has 27 heavy (non-hydrogen) atoms. The average molecular weight is 365 g/mol. The third-order valence-corrected chi connectivity index (χ3v) is 4.60. The molecular weight excluding hydrogens is 346 g/mol. The van der Waals surface area contributed by atoms with Crippen LogP contribution in [0.15, 0.2) is 48.9 Å². The second-order valence-electron chi connectivity index (χ2n) is 6.24. The molecule has 4 rings (SSSR count). The summed E-state index contributed by atoms with van der Waals surface area (Å²) in [5, 5.41) is 0.784. The molecule has 0 saturated carbocycles. The van der Waals surface area contributed by atoms with Crippen molar-refractivity contribution in [3.8, 4) is 0 Å². The number of carbonyl (C=O) groups excluding carboxylic acids is 2. The van der Waals surface area contributed by atoms with Crippen LogP contribution in [0, 0.1) is 0 Å². The molecule has 0 aliphatic carbocycles. The van der Waals surface area contributed by atoms with Gasteiger partial charge < -0.3 is 19.5 Å². The summed E-state index contributed by atoms with van der Waals surface area (Å²) >= 11 is 0. The fourth-order valence-corrected chi connectivity index (χ4v) is 3.15. The number of aromatic nitrogens is 3. The van der Waals surface area contributed by atoms with Gasteiger partial charge in [0, 0.05) is 55.7 Å². The van der Waals surface area contributed by atoms with Crippen molar-refractivity contribution in [2.24, 2.45) is 0 Å². The minimum absolute atomic E-state index is 0.197. The molecule has 0 spiro atoms. The van der Waals surface area contributed by atoms with E-state index in [1.165, 1.54) is 0 Å². The molecule has 1 amide bonds. The maximum Gasteiger partial charge on any atom is 0.340 e. The number of piperazine rings is 1. The summed E-state index contributed by atoms with van der Waals surface area (Å²) in [5.41, 5.74) is 1.29. The van der Waals surface area contributed by atoms with E-state index in [4.69, 9.17) is 4.74 Å². The summed E-state index contributed by atoms with van der Waals surface area (Å²) in [6.45, 7) is 2.11. The Balaban J connectivity index is 1.30. The van der Waals surface area contributed by atoms with Crippen LogP contribution in [0.1, 0.15) is 10.4 Å². The Morgan fingerprint density at radius 2 is 1.78 bits per heavy atom. The van der Waals surface area contributed by atoms with Gasteiger partial charge in [0.25, 0.3) is 5.91 Å². The fourth-order valence-electron chi connectivity index (χ4n) is 3.15. The van der Waals surface area contributed by atoms with E-state index in [9.17, 15) is 9.59 Å². The first-order valence-corrected chi connectivity index (χ1v) is 8.75. The first-order chi connectivity index (χ1) is 13.2. The number of H-pyrrole nitrogens is 1. The Morgan fingerprint density at radius 3 is 2.56 bits per heavy atom. The lowest BCUT2D eigenvalue weighted by atomic mass is 10.2. The van der Waals surface area contributed by atoms with Gasteiger partial charge in [-0.25, -0.2) is 14.8 Å². The fraction of sp³-hybridized carbons (Fsp3) is 0.263. The number of anilines is 1. The quantitative estimate of drug-likeness (QED) is 0.704. The number of hydrogen-bond acceptors (Lipinski definition) is 6.